The van der Waals surface area contributed by atoms with Gasteiger partial charge in [-0.2, -0.15) is 0 Å². The lowest BCUT2D eigenvalue weighted by Crippen LogP contribution is -2.38. The summed E-state index contributed by atoms with van der Waals surface area (Å²) < 4.78 is 14.3. The Morgan fingerprint density at radius 1 is 1.47 bits per heavy atom. The number of H-pyrrole nitrogens is 1. The van der Waals surface area contributed by atoms with Crippen molar-refractivity contribution in [3.63, 3.8) is 0 Å². The molecule has 0 fully saturated rings. The van der Waals surface area contributed by atoms with Crippen LogP contribution in [0.25, 0.3) is 10.9 Å². The Hall–Kier alpha value is -1.95. The molecule has 5 nitrogen and oxygen atoms in total. The lowest BCUT2D eigenvalue weighted by molar-refractivity contribution is 0.170. The van der Waals surface area contributed by atoms with Crippen molar-refractivity contribution in [1.82, 2.24) is 9.55 Å². The van der Waals surface area contributed by atoms with E-state index in [0.29, 0.717) is 0 Å². The summed E-state index contributed by atoms with van der Waals surface area (Å²) in [6.45, 7) is 1.27. The quantitative estimate of drug-likeness (QED) is 0.785. The molecular formula is C11H11FN2O3. The highest BCUT2D eigenvalue weighted by molar-refractivity contribution is 5.77. The number of aliphatic hydroxyl groups is 1. The average Bonchev–Trinajstić information content (AvgIpc) is 2.23. The zero-order chi connectivity index (χ0) is 12.6. The molecule has 0 saturated heterocycles. The van der Waals surface area contributed by atoms with E-state index >= 15 is 0 Å². The minimum Gasteiger partial charge on any atom is -0.392 e. The number of fused-ring (bicyclic) bond motifs is 1. The minimum atomic E-state index is -0.863. The lowest BCUT2D eigenvalue weighted by atomic mass is 10.2. The second-order valence-electron chi connectivity index (χ2n) is 3.86. The number of halogens is 1. The molecule has 0 aliphatic rings. The van der Waals surface area contributed by atoms with Crippen molar-refractivity contribution < 1.29 is 9.50 Å². The number of nitrogens with zero attached hydrogens (tertiary/aromatic N) is 1. The van der Waals surface area contributed by atoms with Crippen LogP contribution in [-0.2, 0) is 6.54 Å². The molecule has 1 aromatic carbocycles. The van der Waals surface area contributed by atoms with Gasteiger partial charge in [0.2, 0.25) is 0 Å². The first-order chi connectivity index (χ1) is 8.00. The third kappa shape index (κ3) is 1.99. The van der Waals surface area contributed by atoms with Crippen LogP contribution in [0.3, 0.4) is 0 Å². The summed E-state index contributed by atoms with van der Waals surface area (Å²) in [4.78, 5) is 25.9. The van der Waals surface area contributed by atoms with Gasteiger partial charge in [0.05, 0.1) is 23.6 Å². The maximum atomic E-state index is 13.5. The largest absolute Gasteiger partial charge is 0.392 e. The molecule has 0 amide bonds. The molecule has 1 atom stereocenters. The Bertz CT molecular complexity index is 672. The maximum Gasteiger partial charge on any atom is 0.328 e. The fraction of sp³-hybridized carbons (Fsp3) is 0.273. The summed E-state index contributed by atoms with van der Waals surface area (Å²) >= 11 is 0. The number of nitrogens with one attached hydrogen (secondary N) is 1. The summed E-state index contributed by atoms with van der Waals surface area (Å²) in [6, 6.07) is 4.01. The molecule has 2 aromatic rings. The zero-order valence-electron chi connectivity index (χ0n) is 9.11. The highest BCUT2D eigenvalue weighted by atomic mass is 19.1. The molecule has 0 aliphatic heterocycles. The smallest absolute Gasteiger partial charge is 0.328 e. The van der Waals surface area contributed by atoms with Crippen LogP contribution < -0.4 is 11.2 Å². The topological polar surface area (TPSA) is 75.1 Å². The zero-order valence-corrected chi connectivity index (χ0v) is 9.11. The van der Waals surface area contributed by atoms with Crippen molar-refractivity contribution in [1.29, 1.82) is 0 Å². The number of hydrogen-bond donors (Lipinski definition) is 2. The molecule has 90 valence electrons. The van der Waals surface area contributed by atoms with Crippen LogP contribution in [0.1, 0.15) is 6.92 Å². The number of benzene rings is 1. The minimum absolute atomic E-state index is 0.154. The van der Waals surface area contributed by atoms with Crippen molar-refractivity contribution in [2.24, 2.45) is 0 Å². The van der Waals surface area contributed by atoms with Crippen molar-refractivity contribution in [3.8, 4) is 0 Å². The summed E-state index contributed by atoms with van der Waals surface area (Å²) in [5, 5.41) is 9.02. The van der Waals surface area contributed by atoms with Crippen LogP contribution >= 0.6 is 0 Å². The third-order valence-corrected chi connectivity index (χ3v) is 2.41. The van der Waals surface area contributed by atoms with Crippen LogP contribution in [0.2, 0.25) is 0 Å². The first-order valence-electron chi connectivity index (χ1n) is 5.10. The van der Waals surface area contributed by atoms with E-state index in [-0.39, 0.29) is 17.4 Å². The van der Waals surface area contributed by atoms with Crippen LogP contribution in [-0.4, -0.2) is 20.8 Å². The molecule has 0 radical (unpaired) electrons. The van der Waals surface area contributed by atoms with E-state index in [4.69, 9.17) is 0 Å². The van der Waals surface area contributed by atoms with Gasteiger partial charge in [0.25, 0.3) is 5.56 Å². The normalized spacial score (nSPS) is 12.9. The average molecular weight is 238 g/mol. The molecule has 1 aromatic heterocycles. The number of rotatable bonds is 2. The summed E-state index contributed by atoms with van der Waals surface area (Å²) in [5.41, 5.74) is -1.24. The molecule has 2 rings (SSSR count). The van der Waals surface area contributed by atoms with Crippen molar-refractivity contribution >= 4 is 10.9 Å². The van der Waals surface area contributed by atoms with Gasteiger partial charge >= 0.3 is 5.69 Å². The Morgan fingerprint density at radius 2 is 2.18 bits per heavy atom. The number of aromatic nitrogens is 2. The van der Waals surface area contributed by atoms with Crippen molar-refractivity contribution in [2.45, 2.75) is 19.6 Å². The van der Waals surface area contributed by atoms with Crippen molar-refractivity contribution in [2.75, 3.05) is 0 Å². The van der Waals surface area contributed by atoms with Gasteiger partial charge in [-0.1, -0.05) is 6.07 Å². The van der Waals surface area contributed by atoms with E-state index in [1.165, 1.54) is 19.1 Å². The molecule has 6 heteroatoms. The predicted octanol–water partition coefficient (Wildman–Crippen LogP) is 0.210. The molecule has 0 saturated carbocycles. The number of hydrogen-bond acceptors (Lipinski definition) is 3. The van der Waals surface area contributed by atoms with E-state index in [2.05, 4.69) is 4.98 Å². The van der Waals surface area contributed by atoms with Crippen LogP contribution in [0.4, 0.5) is 4.39 Å². The van der Waals surface area contributed by atoms with Gasteiger partial charge in [-0.05, 0) is 19.1 Å². The standard InChI is InChI=1S/C11H11FN2O3/c1-6(15)5-14-10(16)9-7(12)3-2-4-8(9)13-11(14)17/h2-4,6,15H,5H2,1H3,(H,13,17). The molecule has 2 N–H and O–H groups in total. The summed E-state index contributed by atoms with van der Waals surface area (Å²) in [5.74, 6) is -0.692. The van der Waals surface area contributed by atoms with Gasteiger partial charge < -0.3 is 10.1 Å². The van der Waals surface area contributed by atoms with E-state index in [1.807, 2.05) is 0 Å². The van der Waals surface area contributed by atoms with Gasteiger partial charge in [0.15, 0.2) is 0 Å². The third-order valence-electron chi connectivity index (χ3n) is 2.41. The number of aliphatic hydroxyl groups excluding tert-OH is 1. The Morgan fingerprint density at radius 3 is 2.82 bits per heavy atom. The fourth-order valence-corrected chi connectivity index (χ4v) is 1.69. The van der Waals surface area contributed by atoms with Crippen LogP contribution in [0.15, 0.2) is 27.8 Å². The molecule has 0 bridgehead atoms. The van der Waals surface area contributed by atoms with Gasteiger partial charge in [-0.3, -0.25) is 9.36 Å². The van der Waals surface area contributed by atoms with E-state index in [1.54, 1.807) is 0 Å². The Kier molecular flexibility index (Phi) is 2.81. The lowest BCUT2D eigenvalue weighted by Gasteiger charge is -2.08. The molecule has 1 heterocycles. The maximum absolute atomic E-state index is 13.5. The fourth-order valence-electron chi connectivity index (χ4n) is 1.69. The van der Waals surface area contributed by atoms with Gasteiger partial charge in [-0.15, -0.1) is 0 Å². The Labute approximate surface area is 95.1 Å². The molecule has 1 unspecified atom stereocenters. The SMILES string of the molecule is CC(O)Cn1c(=O)[nH]c2cccc(F)c2c1=O. The first kappa shape index (κ1) is 11.5. The van der Waals surface area contributed by atoms with E-state index in [9.17, 15) is 19.1 Å². The second kappa shape index (κ2) is 4.14. The summed E-state index contributed by atoms with van der Waals surface area (Å²) in [6.07, 6.45) is -0.863. The molecular weight excluding hydrogens is 227 g/mol. The van der Waals surface area contributed by atoms with Gasteiger partial charge in [0.1, 0.15) is 5.82 Å². The van der Waals surface area contributed by atoms with Crippen molar-refractivity contribution in [3.05, 3.63) is 44.9 Å². The monoisotopic (exact) mass is 238 g/mol. The van der Waals surface area contributed by atoms with Gasteiger partial charge in [-0.25, -0.2) is 9.18 Å². The highest BCUT2D eigenvalue weighted by Crippen LogP contribution is 2.09. The predicted molar refractivity (Wildman–Crippen MR) is 60.5 cm³/mol. The molecule has 0 aliphatic carbocycles. The van der Waals surface area contributed by atoms with Gasteiger partial charge in [0, 0.05) is 0 Å². The number of aromatic amines is 1. The molecule has 0 spiro atoms. The van der Waals surface area contributed by atoms with E-state index in [0.717, 1.165) is 10.6 Å². The summed E-state index contributed by atoms with van der Waals surface area (Å²) in [7, 11) is 0. The highest BCUT2D eigenvalue weighted by Gasteiger charge is 2.12. The first-order valence-corrected chi connectivity index (χ1v) is 5.10. The molecule has 17 heavy (non-hydrogen) atoms. The second-order valence-corrected chi connectivity index (χ2v) is 3.86. The van der Waals surface area contributed by atoms with Crippen LogP contribution in [0.5, 0.6) is 0 Å². The Balaban J connectivity index is 2.84. The van der Waals surface area contributed by atoms with E-state index < -0.39 is 23.2 Å². The van der Waals surface area contributed by atoms with Crippen LogP contribution in [0, 0.1) is 5.82 Å².